The fraction of sp³-hybridized carbons (Fsp3) is 0.630. The first-order chi connectivity index (χ1) is 21.3. The fourth-order valence-corrected chi connectivity index (χ4v) is 7.38. The summed E-state index contributed by atoms with van der Waals surface area (Å²) in [7, 11) is 3.91. The zero-order chi connectivity index (χ0) is 32.8. The molecule has 47 heavy (non-hydrogen) atoms. The minimum Gasteiger partial charge on any atom is -0.425 e. The SMILES string of the molecule is CC(C)CC(=O)OC(OC(=O)C1=C(CSc2nnnn2CCN(C)C)CS[C@H]2[C@H](NC(=O)Cc3csc(N)n3)C(=O)N12)C(C)C.Cl.Cl. The number of anilines is 1. The molecule has 2 aromatic rings. The van der Waals surface area contributed by atoms with Crippen molar-refractivity contribution in [2.45, 2.75) is 69.9 Å². The maximum atomic E-state index is 13.8. The van der Waals surface area contributed by atoms with E-state index in [0.29, 0.717) is 39.6 Å². The van der Waals surface area contributed by atoms with E-state index in [1.165, 1.54) is 39.8 Å². The van der Waals surface area contributed by atoms with Crippen LogP contribution < -0.4 is 11.1 Å². The molecule has 4 heterocycles. The third-order valence-corrected chi connectivity index (χ3v) is 9.80. The Morgan fingerprint density at radius 2 is 1.91 bits per heavy atom. The van der Waals surface area contributed by atoms with Gasteiger partial charge < -0.3 is 25.4 Å². The molecule has 0 aromatic carbocycles. The Bertz CT molecular complexity index is 1440. The van der Waals surface area contributed by atoms with Crippen LogP contribution in [0.4, 0.5) is 5.13 Å². The van der Waals surface area contributed by atoms with Crippen molar-refractivity contribution in [1.29, 1.82) is 0 Å². The largest absolute Gasteiger partial charge is 0.425 e. The van der Waals surface area contributed by atoms with Crippen LogP contribution in [0.3, 0.4) is 0 Å². The fourth-order valence-electron chi connectivity index (χ4n) is 4.43. The van der Waals surface area contributed by atoms with E-state index in [9.17, 15) is 19.2 Å². The van der Waals surface area contributed by atoms with Crippen molar-refractivity contribution in [3.63, 3.8) is 0 Å². The number of aromatic nitrogens is 5. The lowest BCUT2D eigenvalue weighted by Crippen LogP contribution is -2.70. The van der Waals surface area contributed by atoms with Crippen molar-refractivity contribution in [2.75, 3.05) is 37.9 Å². The van der Waals surface area contributed by atoms with Gasteiger partial charge in [-0.05, 0) is 36.0 Å². The summed E-state index contributed by atoms with van der Waals surface area (Å²) < 4.78 is 12.9. The highest BCUT2D eigenvalue weighted by molar-refractivity contribution is 8.01. The Labute approximate surface area is 298 Å². The van der Waals surface area contributed by atoms with Crippen LogP contribution >= 0.6 is 59.7 Å². The van der Waals surface area contributed by atoms with E-state index in [0.717, 1.165) is 6.54 Å². The third-order valence-electron chi connectivity index (χ3n) is 6.69. The Morgan fingerprint density at radius 3 is 2.53 bits per heavy atom. The molecule has 3 atom stereocenters. The van der Waals surface area contributed by atoms with Crippen LogP contribution in [0, 0.1) is 11.8 Å². The van der Waals surface area contributed by atoms with Gasteiger partial charge in [0, 0.05) is 35.8 Å². The van der Waals surface area contributed by atoms with E-state index in [2.05, 4.69) is 25.8 Å². The number of thioether (sulfide) groups is 2. The van der Waals surface area contributed by atoms with Crippen molar-refractivity contribution >= 4 is 88.6 Å². The topological polar surface area (TPSA) is 188 Å². The molecular formula is C27H41Cl2N9O6S3. The van der Waals surface area contributed by atoms with E-state index in [-0.39, 0.29) is 61.1 Å². The van der Waals surface area contributed by atoms with E-state index < -0.39 is 35.6 Å². The highest BCUT2D eigenvalue weighted by Gasteiger charge is 2.54. The lowest BCUT2D eigenvalue weighted by Gasteiger charge is -2.49. The van der Waals surface area contributed by atoms with Crippen molar-refractivity contribution in [3.05, 3.63) is 22.3 Å². The van der Waals surface area contributed by atoms with Gasteiger partial charge in [-0.15, -0.1) is 53.0 Å². The minimum atomic E-state index is -1.14. The first kappa shape index (κ1) is 40.5. The molecule has 20 heteroatoms. The number of halogens is 2. The summed E-state index contributed by atoms with van der Waals surface area (Å²) in [5.41, 5.74) is 6.90. The molecule has 2 amide bonds. The second-order valence-electron chi connectivity index (χ2n) is 11.6. The Morgan fingerprint density at radius 1 is 1.19 bits per heavy atom. The van der Waals surface area contributed by atoms with E-state index in [1.54, 1.807) is 23.9 Å². The number of hydrogen-bond acceptors (Lipinski definition) is 15. The summed E-state index contributed by atoms with van der Waals surface area (Å²) in [4.78, 5) is 59.9. The van der Waals surface area contributed by atoms with Crippen LogP contribution in [0.2, 0.25) is 0 Å². The summed E-state index contributed by atoms with van der Waals surface area (Å²) in [5.74, 6) is -1.66. The molecule has 3 N–H and O–H groups in total. The molecule has 2 aliphatic rings. The van der Waals surface area contributed by atoms with E-state index in [4.69, 9.17) is 15.2 Å². The zero-order valence-electron chi connectivity index (χ0n) is 26.9. The maximum absolute atomic E-state index is 13.8. The van der Waals surface area contributed by atoms with Gasteiger partial charge in [0.05, 0.1) is 18.7 Å². The number of nitrogens with two attached hydrogens (primary N) is 1. The van der Waals surface area contributed by atoms with Gasteiger partial charge in [0.2, 0.25) is 17.4 Å². The Hall–Kier alpha value is -2.64. The standard InChI is InChI=1S/C27H39N9O6S3.2ClH/c1-14(2)9-19(38)41-25(15(3)4)42-24(40)21-16(12-45-27-31-32-33-35(27)8-7-34(5)6)11-43-23-20(22(39)36(21)23)30-18(37)10-17-13-44-26(28)29-17;;/h13-15,20,23,25H,7-12H2,1-6H3,(H2,28,29)(H,30,37);2*1H/t20-,23+,25?;;/m1../s1. The Kier molecular flexibility index (Phi) is 15.7. The molecule has 0 radical (unpaired) electrons. The number of nitrogens with zero attached hydrogens (tertiary/aromatic N) is 7. The van der Waals surface area contributed by atoms with E-state index >= 15 is 0 Å². The number of fused-ring (bicyclic) bond motifs is 1. The number of likely N-dealkylation sites (N-methyl/N-ethyl adjacent to an activating group) is 1. The van der Waals surface area contributed by atoms with Crippen molar-refractivity contribution in [2.24, 2.45) is 11.8 Å². The molecular weight excluding hydrogens is 713 g/mol. The lowest BCUT2D eigenvalue weighted by molar-refractivity contribution is -0.195. The summed E-state index contributed by atoms with van der Waals surface area (Å²) in [6.07, 6.45) is -0.998. The number of nitrogen functional groups attached to an aromatic ring is 1. The number of amides is 2. The van der Waals surface area contributed by atoms with Gasteiger partial charge >= 0.3 is 11.9 Å². The second kappa shape index (κ2) is 18.2. The highest BCUT2D eigenvalue weighted by atomic mass is 35.5. The summed E-state index contributed by atoms with van der Waals surface area (Å²) in [6.45, 7) is 8.63. The van der Waals surface area contributed by atoms with Crippen LogP contribution in [0.1, 0.15) is 39.8 Å². The van der Waals surface area contributed by atoms with Crippen molar-refractivity contribution < 1.29 is 28.7 Å². The normalized spacial score (nSPS) is 17.9. The molecule has 0 aliphatic carbocycles. The zero-order valence-corrected chi connectivity index (χ0v) is 31.0. The number of nitrogens with one attached hydrogen (secondary N) is 1. The average Bonchev–Trinajstić information content (AvgIpc) is 3.59. The quantitative estimate of drug-likeness (QED) is 0.117. The maximum Gasteiger partial charge on any atom is 0.358 e. The summed E-state index contributed by atoms with van der Waals surface area (Å²) >= 11 is 4.00. The number of ether oxygens (including phenoxy) is 2. The molecule has 15 nitrogen and oxygen atoms in total. The number of thiazole rings is 1. The van der Waals surface area contributed by atoms with Gasteiger partial charge in [-0.25, -0.2) is 14.5 Å². The van der Waals surface area contributed by atoms with Crippen LogP contribution in [0.15, 0.2) is 21.8 Å². The van der Waals surface area contributed by atoms with Gasteiger partial charge in [-0.3, -0.25) is 19.3 Å². The molecule has 0 spiro atoms. The van der Waals surface area contributed by atoms with Gasteiger partial charge in [-0.2, -0.15) is 0 Å². The molecule has 0 saturated carbocycles. The predicted octanol–water partition coefficient (Wildman–Crippen LogP) is 2.22. The average molecular weight is 755 g/mol. The van der Waals surface area contributed by atoms with Crippen LogP contribution in [0.25, 0.3) is 0 Å². The number of hydrogen-bond donors (Lipinski definition) is 2. The minimum absolute atomic E-state index is 0. The van der Waals surface area contributed by atoms with Gasteiger partial charge in [-0.1, -0.05) is 39.5 Å². The summed E-state index contributed by atoms with van der Waals surface area (Å²) in [5, 5.41) is 16.8. The molecule has 0 bridgehead atoms. The number of tetrazole rings is 1. The predicted molar refractivity (Wildman–Crippen MR) is 184 cm³/mol. The number of rotatable bonds is 15. The summed E-state index contributed by atoms with van der Waals surface area (Å²) in [6, 6.07) is -0.835. The van der Waals surface area contributed by atoms with Gasteiger partial charge in [0.25, 0.3) is 5.91 Å². The highest BCUT2D eigenvalue weighted by Crippen LogP contribution is 2.42. The number of carbonyl (C=O) groups is 4. The molecule has 1 unspecified atom stereocenters. The smallest absolute Gasteiger partial charge is 0.358 e. The number of esters is 2. The molecule has 1 fully saturated rings. The third kappa shape index (κ3) is 10.7. The number of carbonyl (C=O) groups excluding carboxylic acids is 4. The van der Waals surface area contributed by atoms with Crippen molar-refractivity contribution in [3.8, 4) is 0 Å². The number of β-lactam (4-membered cyclic amide) rings is 1. The second-order valence-corrected chi connectivity index (χ2v) is 14.6. The first-order valence-corrected chi connectivity index (χ1v) is 17.4. The van der Waals surface area contributed by atoms with Gasteiger partial charge in [0.1, 0.15) is 17.1 Å². The van der Waals surface area contributed by atoms with Crippen LogP contribution in [-0.2, 0) is 41.6 Å². The Balaban J connectivity index is 0.00000384. The van der Waals surface area contributed by atoms with E-state index in [1.807, 2.05) is 32.8 Å². The van der Waals surface area contributed by atoms with Crippen LogP contribution in [-0.4, -0.2) is 109 Å². The van der Waals surface area contributed by atoms with Gasteiger partial charge in [0.15, 0.2) is 5.13 Å². The molecule has 2 aromatic heterocycles. The van der Waals surface area contributed by atoms with Crippen LogP contribution in [0.5, 0.6) is 0 Å². The molecule has 2 aliphatic heterocycles. The monoisotopic (exact) mass is 753 g/mol. The van der Waals surface area contributed by atoms with Crippen molar-refractivity contribution in [1.82, 2.24) is 40.3 Å². The first-order valence-electron chi connectivity index (χ1n) is 14.4. The lowest BCUT2D eigenvalue weighted by atomic mass is 10.0. The molecule has 4 rings (SSSR count). The molecule has 262 valence electrons. The molecule has 1 saturated heterocycles.